The molecule has 0 aliphatic heterocycles. The van der Waals surface area contributed by atoms with E-state index in [4.69, 9.17) is 11.5 Å². The van der Waals surface area contributed by atoms with Crippen LogP contribution >= 0.6 is 0 Å². The van der Waals surface area contributed by atoms with Crippen molar-refractivity contribution in [3.05, 3.63) is 86.5 Å². The molecule has 0 saturated heterocycles. The van der Waals surface area contributed by atoms with E-state index in [2.05, 4.69) is 57.2 Å². The van der Waals surface area contributed by atoms with Crippen molar-refractivity contribution in [2.45, 2.75) is 66.7 Å². The zero-order valence-corrected chi connectivity index (χ0v) is 20.0. The lowest BCUT2D eigenvalue weighted by molar-refractivity contribution is 0.462. The number of rotatable bonds is 4. The number of hydrogen-bond acceptors (Lipinski definition) is 3. The second-order valence-corrected chi connectivity index (χ2v) is 10.0. The lowest BCUT2D eigenvalue weighted by Gasteiger charge is -2.23. The maximum atomic E-state index is 11.2. The molecule has 0 aliphatic carbocycles. The Morgan fingerprint density at radius 1 is 0.645 bits per heavy atom. The minimum Gasteiger partial charge on any atom is -0.507 e. The van der Waals surface area contributed by atoms with Crippen molar-refractivity contribution < 1.29 is 5.11 Å². The Labute approximate surface area is 187 Å². The first-order valence-electron chi connectivity index (χ1n) is 10.9. The number of benzene rings is 3. The summed E-state index contributed by atoms with van der Waals surface area (Å²) in [5.74, 6) is 0.382. The summed E-state index contributed by atoms with van der Waals surface area (Å²) < 4.78 is 0. The van der Waals surface area contributed by atoms with Crippen LogP contribution in [0.15, 0.2) is 36.4 Å². The third kappa shape index (κ3) is 4.87. The standard InChI is InChI=1S/C28H36N2O/c1-16-8-20(9-17(2)25(16)29)12-22-14-24(28(5,6)7)15-23(27(22)31)13-21-10-18(3)26(30)19(4)11-21/h8-11,14-15,31H,12-13,29-30H2,1-7H3. The molecule has 0 heterocycles. The first kappa shape index (κ1) is 22.7. The smallest absolute Gasteiger partial charge is 0.122 e. The minimum atomic E-state index is -0.0168. The van der Waals surface area contributed by atoms with Crippen LogP contribution in [0.5, 0.6) is 5.75 Å². The molecular formula is C28H36N2O. The molecule has 164 valence electrons. The molecule has 3 rings (SSSR count). The molecule has 5 N–H and O–H groups in total. The van der Waals surface area contributed by atoms with Gasteiger partial charge in [-0.1, -0.05) is 57.2 Å². The van der Waals surface area contributed by atoms with Gasteiger partial charge in [-0.15, -0.1) is 0 Å². The number of phenolic OH excluding ortho intramolecular Hbond substituents is 1. The molecule has 3 heteroatoms. The van der Waals surface area contributed by atoms with Gasteiger partial charge >= 0.3 is 0 Å². The van der Waals surface area contributed by atoms with Gasteiger partial charge in [-0.2, -0.15) is 0 Å². The van der Waals surface area contributed by atoms with E-state index < -0.39 is 0 Å². The predicted octanol–water partition coefficient (Wildman–Crippen LogP) is 6.27. The van der Waals surface area contributed by atoms with Crippen molar-refractivity contribution in [1.29, 1.82) is 0 Å². The van der Waals surface area contributed by atoms with Crippen molar-refractivity contribution in [2.24, 2.45) is 0 Å². The Morgan fingerprint density at radius 2 is 0.968 bits per heavy atom. The van der Waals surface area contributed by atoms with Gasteiger partial charge < -0.3 is 16.6 Å². The van der Waals surface area contributed by atoms with E-state index in [9.17, 15) is 5.11 Å². The molecule has 3 aromatic carbocycles. The number of nitrogens with two attached hydrogens (primary N) is 2. The van der Waals surface area contributed by atoms with Gasteiger partial charge in [-0.25, -0.2) is 0 Å². The quantitative estimate of drug-likeness (QED) is 0.439. The van der Waals surface area contributed by atoms with Crippen molar-refractivity contribution in [3.63, 3.8) is 0 Å². The molecule has 0 aliphatic rings. The second-order valence-electron chi connectivity index (χ2n) is 10.0. The molecule has 0 radical (unpaired) electrons. The van der Waals surface area contributed by atoms with E-state index in [1.165, 1.54) is 5.56 Å². The van der Waals surface area contributed by atoms with Crippen molar-refractivity contribution in [1.82, 2.24) is 0 Å². The van der Waals surface area contributed by atoms with Crippen LogP contribution in [-0.4, -0.2) is 5.11 Å². The Kier molecular flexibility index (Phi) is 6.09. The molecule has 0 unspecified atom stereocenters. The highest BCUT2D eigenvalue weighted by Crippen LogP contribution is 2.35. The fraction of sp³-hybridized carbons (Fsp3) is 0.357. The van der Waals surface area contributed by atoms with E-state index >= 15 is 0 Å². The summed E-state index contributed by atoms with van der Waals surface area (Å²) in [7, 11) is 0. The Balaban J connectivity index is 2.08. The second kappa shape index (κ2) is 8.30. The molecule has 31 heavy (non-hydrogen) atoms. The fourth-order valence-electron chi connectivity index (χ4n) is 4.24. The third-order valence-corrected chi connectivity index (χ3v) is 6.23. The molecule has 0 fully saturated rings. The van der Waals surface area contributed by atoms with Gasteiger partial charge in [0.05, 0.1) is 0 Å². The minimum absolute atomic E-state index is 0.0168. The number of hydrogen-bond donors (Lipinski definition) is 3. The normalized spacial score (nSPS) is 11.7. The Morgan fingerprint density at radius 3 is 1.26 bits per heavy atom. The average molecular weight is 417 g/mol. The molecule has 0 atom stereocenters. The van der Waals surface area contributed by atoms with Gasteiger partial charge in [0, 0.05) is 24.2 Å². The van der Waals surface area contributed by atoms with Gasteiger partial charge in [0.25, 0.3) is 0 Å². The number of aryl methyl sites for hydroxylation is 4. The van der Waals surface area contributed by atoms with Crippen LogP contribution in [0, 0.1) is 27.7 Å². The van der Waals surface area contributed by atoms with Crippen LogP contribution < -0.4 is 11.5 Å². The van der Waals surface area contributed by atoms with E-state index in [0.29, 0.717) is 18.6 Å². The average Bonchev–Trinajstić information content (AvgIpc) is 2.66. The summed E-state index contributed by atoms with van der Waals surface area (Å²) >= 11 is 0. The maximum absolute atomic E-state index is 11.2. The highest BCUT2D eigenvalue weighted by atomic mass is 16.3. The molecule has 3 aromatic rings. The lowest BCUT2D eigenvalue weighted by atomic mass is 9.82. The van der Waals surface area contributed by atoms with E-state index in [-0.39, 0.29) is 5.41 Å². The number of nitrogen functional groups attached to an aromatic ring is 2. The molecule has 3 nitrogen and oxygen atoms in total. The number of aromatic hydroxyl groups is 1. The van der Waals surface area contributed by atoms with Crippen LogP contribution in [0.4, 0.5) is 11.4 Å². The molecular weight excluding hydrogens is 380 g/mol. The first-order valence-corrected chi connectivity index (χ1v) is 10.9. The van der Waals surface area contributed by atoms with E-state index in [1.807, 2.05) is 27.7 Å². The third-order valence-electron chi connectivity index (χ3n) is 6.23. The molecule has 0 bridgehead atoms. The van der Waals surface area contributed by atoms with Crippen LogP contribution in [0.25, 0.3) is 0 Å². The van der Waals surface area contributed by atoms with Crippen LogP contribution in [0.1, 0.15) is 70.8 Å². The molecule has 0 spiro atoms. The van der Waals surface area contributed by atoms with Crippen LogP contribution in [-0.2, 0) is 18.3 Å². The Hall–Kier alpha value is -2.94. The van der Waals surface area contributed by atoms with E-state index in [1.54, 1.807) is 0 Å². The van der Waals surface area contributed by atoms with Crippen LogP contribution in [0.3, 0.4) is 0 Å². The van der Waals surface area contributed by atoms with Gasteiger partial charge in [0.1, 0.15) is 5.75 Å². The molecule has 0 saturated carbocycles. The first-order chi connectivity index (χ1) is 14.4. The van der Waals surface area contributed by atoms with Gasteiger partial charge in [0.2, 0.25) is 0 Å². The predicted molar refractivity (Wildman–Crippen MR) is 133 cm³/mol. The maximum Gasteiger partial charge on any atom is 0.122 e. The molecule has 0 aromatic heterocycles. The summed E-state index contributed by atoms with van der Waals surface area (Å²) in [6, 6.07) is 12.8. The largest absolute Gasteiger partial charge is 0.507 e. The number of anilines is 2. The summed E-state index contributed by atoms with van der Waals surface area (Å²) in [4.78, 5) is 0. The summed E-state index contributed by atoms with van der Waals surface area (Å²) in [5.41, 5.74) is 23.7. The topological polar surface area (TPSA) is 72.3 Å². The highest BCUT2D eigenvalue weighted by molar-refractivity contribution is 5.58. The molecule has 0 amide bonds. The number of phenols is 1. The summed E-state index contributed by atoms with van der Waals surface area (Å²) in [5, 5.41) is 11.2. The SMILES string of the molecule is Cc1cc(Cc2cc(C(C)(C)C)cc(Cc3cc(C)c(N)c(C)c3)c2O)cc(C)c1N. The van der Waals surface area contributed by atoms with Gasteiger partial charge in [0.15, 0.2) is 0 Å². The highest BCUT2D eigenvalue weighted by Gasteiger charge is 2.20. The van der Waals surface area contributed by atoms with Crippen molar-refractivity contribution >= 4 is 11.4 Å². The van der Waals surface area contributed by atoms with Crippen molar-refractivity contribution in [2.75, 3.05) is 11.5 Å². The fourth-order valence-corrected chi connectivity index (χ4v) is 4.24. The zero-order valence-electron chi connectivity index (χ0n) is 20.0. The summed E-state index contributed by atoms with van der Waals surface area (Å²) in [6.45, 7) is 14.8. The van der Waals surface area contributed by atoms with Crippen LogP contribution in [0.2, 0.25) is 0 Å². The zero-order chi connectivity index (χ0) is 23.1. The summed E-state index contributed by atoms with van der Waals surface area (Å²) in [6.07, 6.45) is 1.34. The van der Waals surface area contributed by atoms with Gasteiger partial charge in [-0.3, -0.25) is 0 Å². The van der Waals surface area contributed by atoms with E-state index in [0.717, 1.165) is 55.9 Å². The lowest BCUT2D eigenvalue weighted by Crippen LogP contribution is -2.13. The van der Waals surface area contributed by atoms with Crippen molar-refractivity contribution in [3.8, 4) is 5.75 Å². The monoisotopic (exact) mass is 416 g/mol. The Bertz CT molecular complexity index is 1010. The van der Waals surface area contributed by atoms with Gasteiger partial charge in [-0.05, 0) is 83.2 Å².